The van der Waals surface area contributed by atoms with Crippen LogP contribution >= 0.6 is 0 Å². The molecule has 0 bridgehead atoms. The van der Waals surface area contributed by atoms with E-state index in [0.29, 0.717) is 56.8 Å². The summed E-state index contributed by atoms with van der Waals surface area (Å²) < 4.78 is 5.43. The van der Waals surface area contributed by atoms with Gasteiger partial charge in [0.25, 0.3) is 5.91 Å². The van der Waals surface area contributed by atoms with Crippen molar-refractivity contribution in [1.82, 2.24) is 19.8 Å². The fourth-order valence-electron chi connectivity index (χ4n) is 5.28. The molecule has 218 valence electrons. The zero-order valence-electron chi connectivity index (χ0n) is 23.3. The fourth-order valence-corrected chi connectivity index (χ4v) is 5.28. The number of amides is 2. The topological polar surface area (TPSA) is 147 Å². The van der Waals surface area contributed by atoms with Crippen molar-refractivity contribution in [2.24, 2.45) is 0 Å². The number of anilines is 3. The predicted molar refractivity (Wildman–Crippen MR) is 159 cm³/mol. The van der Waals surface area contributed by atoms with Crippen molar-refractivity contribution in [3.63, 3.8) is 0 Å². The molecular weight excluding hydrogens is 536 g/mol. The minimum Gasteiger partial charge on any atom is -0.508 e. The number of rotatable bonds is 9. The lowest BCUT2D eigenvalue weighted by atomic mass is 10.1. The van der Waals surface area contributed by atoms with E-state index in [0.717, 1.165) is 30.4 Å². The van der Waals surface area contributed by atoms with Gasteiger partial charge < -0.3 is 30.3 Å². The number of aromatic hydroxyl groups is 1. The maximum Gasteiger partial charge on any atom is 0.274 e. The molecule has 2 aliphatic heterocycles. The van der Waals surface area contributed by atoms with Gasteiger partial charge in [-0.05, 0) is 17.5 Å². The van der Waals surface area contributed by atoms with Gasteiger partial charge in [0.2, 0.25) is 11.9 Å². The normalized spacial score (nSPS) is 17.5. The van der Waals surface area contributed by atoms with Crippen LogP contribution in [0, 0.1) is 11.3 Å². The Morgan fingerprint density at radius 2 is 1.95 bits per heavy atom. The van der Waals surface area contributed by atoms with Crippen LogP contribution in [0.4, 0.5) is 17.5 Å². The molecule has 2 aliphatic rings. The van der Waals surface area contributed by atoms with E-state index >= 15 is 0 Å². The van der Waals surface area contributed by atoms with E-state index < -0.39 is 5.91 Å². The van der Waals surface area contributed by atoms with Crippen LogP contribution in [0.15, 0.2) is 55.1 Å². The Labute approximate surface area is 244 Å². The van der Waals surface area contributed by atoms with Gasteiger partial charge >= 0.3 is 0 Å². The molecule has 3 heterocycles. The number of phenols is 1. The SMILES string of the molecule is C=CC(=O)N1CCN(c2cc(C(=O)Nc3cc(O)cc4ccccc34)nc(NCCN3CCOCC3)n2)C[C@@H]1CC#N. The van der Waals surface area contributed by atoms with Crippen LogP contribution in [-0.4, -0.2) is 102 Å². The third kappa shape index (κ3) is 6.76. The molecular formula is C30H34N8O4. The zero-order valence-corrected chi connectivity index (χ0v) is 23.3. The summed E-state index contributed by atoms with van der Waals surface area (Å²) in [5, 5.41) is 27.4. The van der Waals surface area contributed by atoms with Gasteiger partial charge in [-0.15, -0.1) is 0 Å². The van der Waals surface area contributed by atoms with Crippen molar-refractivity contribution in [3.8, 4) is 11.8 Å². The molecule has 2 saturated heterocycles. The highest BCUT2D eigenvalue weighted by molar-refractivity contribution is 6.09. The number of aromatic nitrogens is 2. The summed E-state index contributed by atoms with van der Waals surface area (Å²) in [4.78, 5) is 41.1. The van der Waals surface area contributed by atoms with Crippen LogP contribution in [0.3, 0.4) is 0 Å². The number of carbonyl (C=O) groups is 2. The predicted octanol–water partition coefficient (Wildman–Crippen LogP) is 2.45. The van der Waals surface area contributed by atoms with Gasteiger partial charge in [-0.1, -0.05) is 30.8 Å². The number of fused-ring (bicyclic) bond motifs is 1. The van der Waals surface area contributed by atoms with Gasteiger partial charge in [0.1, 0.15) is 17.3 Å². The first-order valence-electron chi connectivity index (χ1n) is 14.0. The van der Waals surface area contributed by atoms with Crippen molar-refractivity contribution in [1.29, 1.82) is 5.26 Å². The van der Waals surface area contributed by atoms with Crippen molar-refractivity contribution in [2.45, 2.75) is 12.5 Å². The van der Waals surface area contributed by atoms with E-state index in [1.807, 2.05) is 29.2 Å². The summed E-state index contributed by atoms with van der Waals surface area (Å²) >= 11 is 0. The van der Waals surface area contributed by atoms with Gasteiger partial charge in [-0.25, -0.2) is 4.98 Å². The highest BCUT2D eigenvalue weighted by Gasteiger charge is 2.30. The average molecular weight is 571 g/mol. The van der Waals surface area contributed by atoms with Gasteiger partial charge in [0.05, 0.1) is 37.4 Å². The van der Waals surface area contributed by atoms with Crippen molar-refractivity contribution >= 4 is 40.0 Å². The standard InChI is InChI=1S/C30H34N8O4/c1-2-28(40)38-12-11-37(20-22(38)7-8-31)27-19-26(34-30(35-27)32-9-10-36-13-15-42-16-14-36)29(41)33-25-18-23(39)17-21-5-3-4-6-24(21)25/h2-6,17-19,22,39H,1,7,9-16,20H2,(H,33,41)(H,32,34,35)/t22-/m0/s1. The van der Waals surface area contributed by atoms with Gasteiger partial charge in [-0.2, -0.15) is 10.2 Å². The third-order valence-corrected chi connectivity index (χ3v) is 7.45. The molecule has 2 amide bonds. The first-order chi connectivity index (χ1) is 20.4. The second kappa shape index (κ2) is 13.3. The molecule has 0 radical (unpaired) electrons. The van der Waals surface area contributed by atoms with Crippen LogP contribution < -0.4 is 15.5 Å². The molecule has 5 rings (SSSR count). The van der Waals surface area contributed by atoms with E-state index in [-0.39, 0.29) is 29.8 Å². The number of piperazine rings is 1. The first kappa shape index (κ1) is 28.8. The fraction of sp³-hybridized carbons (Fsp3) is 0.367. The van der Waals surface area contributed by atoms with Crippen LogP contribution in [0.1, 0.15) is 16.9 Å². The lowest BCUT2D eigenvalue weighted by Gasteiger charge is -2.40. The third-order valence-electron chi connectivity index (χ3n) is 7.45. The van der Waals surface area contributed by atoms with Crippen LogP contribution in [0.25, 0.3) is 10.8 Å². The molecule has 2 fully saturated rings. The molecule has 42 heavy (non-hydrogen) atoms. The maximum absolute atomic E-state index is 13.6. The highest BCUT2D eigenvalue weighted by atomic mass is 16.5. The molecule has 0 aliphatic carbocycles. The van der Waals surface area contributed by atoms with E-state index in [9.17, 15) is 20.0 Å². The monoisotopic (exact) mass is 570 g/mol. The number of nitrogens with one attached hydrogen (secondary N) is 2. The second-order valence-electron chi connectivity index (χ2n) is 10.2. The second-order valence-corrected chi connectivity index (χ2v) is 10.2. The van der Waals surface area contributed by atoms with E-state index in [1.165, 1.54) is 12.1 Å². The molecule has 12 heteroatoms. The molecule has 1 atom stereocenters. The average Bonchev–Trinajstić information content (AvgIpc) is 3.01. The Bertz CT molecular complexity index is 1500. The summed E-state index contributed by atoms with van der Waals surface area (Å²) in [6, 6.07) is 14.0. The maximum atomic E-state index is 13.6. The Hall–Kier alpha value is -4.73. The number of nitriles is 1. The first-order valence-corrected chi connectivity index (χ1v) is 14.0. The summed E-state index contributed by atoms with van der Waals surface area (Å²) in [5.74, 6) is 0.168. The Balaban J connectivity index is 1.41. The van der Waals surface area contributed by atoms with Crippen LogP contribution in [0.2, 0.25) is 0 Å². The van der Waals surface area contributed by atoms with Crippen molar-refractivity contribution in [2.75, 3.05) is 74.6 Å². The van der Waals surface area contributed by atoms with Crippen LogP contribution in [-0.2, 0) is 9.53 Å². The Morgan fingerprint density at radius 3 is 2.74 bits per heavy atom. The van der Waals surface area contributed by atoms with E-state index in [4.69, 9.17) is 9.72 Å². The quantitative estimate of drug-likeness (QED) is 0.328. The minimum atomic E-state index is -0.459. The van der Waals surface area contributed by atoms with Crippen LogP contribution in [0.5, 0.6) is 5.75 Å². The molecule has 3 aromatic rings. The molecule has 12 nitrogen and oxygen atoms in total. The highest BCUT2D eigenvalue weighted by Crippen LogP contribution is 2.29. The summed E-state index contributed by atoms with van der Waals surface area (Å²) in [6.07, 6.45) is 1.42. The van der Waals surface area contributed by atoms with Crippen molar-refractivity contribution < 1.29 is 19.4 Å². The molecule has 0 spiro atoms. The Kier molecular flexibility index (Phi) is 9.11. The molecule has 0 unspecified atom stereocenters. The number of phenolic OH excluding ortho intramolecular Hbond substituents is 1. The lowest BCUT2D eigenvalue weighted by molar-refractivity contribution is -0.128. The summed E-state index contributed by atoms with van der Waals surface area (Å²) in [5.41, 5.74) is 0.603. The molecule has 0 saturated carbocycles. The number of benzene rings is 2. The lowest BCUT2D eigenvalue weighted by Crippen LogP contribution is -2.55. The molecule has 2 aromatic carbocycles. The van der Waals surface area contributed by atoms with Crippen molar-refractivity contribution in [3.05, 3.63) is 60.8 Å². The number of hydrogen-bond acceptors (Lipinski definition) is 10. The summed E-state index contributed by atoms with van der Waals surface area (Å²) in [7, 11) is 0. The number of nitrogens with zero attached hydrogens (tertiary/aromatic N) is 6. The van der Waals surface area contributed by atoms with E-state index in [1.54, 1.807) is 17.0 Å². The van der Waals surface area contributed by atoms with E-state index in [2.05, 4.69) is 33.2 Å². The smallest absolute Gasteiger partial charge is 0.274 e. The zero-order chi connectivity index (χ0) is 29.5. The summed E-state index contributed by atoms with van der Waals surface area (Å²) in [6.45, 7) is 9.23. The van der Waals surface area contributed by atoms with Gasteiger partial charge in [-0.3, -0.25) is 14.5 Å². The largest absolute Gasteiger partial charge is 0.508 e. The Morgan fingerprint density at radius 1 is 1.14 bits per heavy atom. The van der Waals surface area contributed by atoms with Gasteiger partial charge in [0, 0.05) is 63.3 Å². The van der Waals surface area contributed by atoms with Gasteiger partial charge in [0.15, 0.2) is 0 Å². The number of carbonyl (C=O) groups excluding carboxylic acids is 2. The molecule has 1 aromatic heterocycles. The molecule has 3 N–H and O–H groups in total. The number of morpholine rings is 1. The number of hydrogen-bond donors (Lipinski definition) is 3. The number of ether oxygens (including phenoxy) is 1. The minimum absolute atomic E-state index is 0.0355.